The Morgan fingerprint density at radius 3 is 2.90 bits per heavy atom. The molecule has 20 heavy (non-hydrogen) atoms. The molecule has 2 aromatic rings. The molecule has 7 nitrogen and oxygen atoms in total. The summed E-state index contributed by atoms with van der Waals surface area (Å²) in [6.07, 6.45) is 1.82. The number of benzene rings is 1. The van der Waals surface area contributed by atoms with Crippen LogP contribution in [0.15, 0.2) is 29.0 Å². The van der Waals surface area contributed by atoms with Crippen molar-refractivity contribution in [2.24, 2.45) is 0 Å². The van der Waals surface area contributed by atoms with Gasteiger partial charge in [0.15, 0.2) is 6.33 Å². The smallest absolute Gasteiger partial charge is 0.253 e. The van der Waals surface area contributed by atoms with E-state index in [-0.39, 0.29) is 5.91 Å². The standard InChI is InChI=1S/C13H17N5O2/c1-18(2)11-4-3-9(14)7-10(11)13(19)15-6-5-12-16-8-17-20-12/h3-4,7-8H,5-6,14H2,1-2H3,(H,15,19). The van der Waals surface area contributed by atoms with Crippen LogP contribution in [-0.2, 0) is 6.42 Å². The molecule has 0 bridgehead atoms. The fourth-order valence-corrected chi connectivity index (χ4v) is 1.81. The van der Waals surface area contributed by atoms with Crippen LogP contribution in [0.4, 0.5) is 11.4 Å². The van der Waals surface area contributed by atoms with Gasteiger partial charge in [-0.05, 0) is 18.2 Å². The van der Waals surface area contributed by atoms with E-state index in [2.05, 4.69) is 15.5 Å². The molecule has 1 heterocycles. The van der Waals surface area contributed by atoms with Crippen molar-refractivity contribution in [2.75, 3.05) is 31.3 Å². The Morgan fingerprint density at radius 1 is 1.45 bits per heavy atom. The molecule has 0 saturated heterocycles. The Hall–Kier alpha value is -2.57. The average Bonchev–Trinajstić information content (AvgIpc) is 2.91. The molecule has 3 N–H and O–H groups in total. The quantitative estimate of drug-likeness (QED) is 0.779. The summed E-state index contributed by atoms with van der Waals surface area (Å²) in [5.41, 5.74) is 7.65. The predicted molar refractivity (Wildman–Crippen MR) is 75.5 cm³/mol. The number of nitrogens with zero attached hydrogens (tertiary/aromatic N) is 3. The maximum absolute atomic E-state index is 12.2. The number of hydrogen-bond donors (Lipinski definition) is 2. The summed E-state index contributed by atoms with van der Waals surface area (Å²) in [4.78, 5) is 17.9. The maximum atomic E-state index is 12.2. The van der Waals surface area contributed by atoms with Gasteiger partial charge in [-0.1, -0.05) is 5.16 Å². The Bertz CT molecular complexity index is 580. The van der Waals surface area contributed by atoms with Crippen LogP contribution in [-0.4, -0.2) is 36.7 Å². The van der Waals surface area contributed by atoms with E-state index in [1.54, 1.807) is 12.1 Å². The van der Waals surface area contributed by atoms with Crippen molar-refractivity contribution in [1.82, 2.24) is 15.5 Å². The summed E-state index contributed by atoms with van der Waals surface area (Å²) in [6, 6.07) is 5.25. The highest BCUT2D eigenvalue weighted by Crippen LogP contribution is 2.21. The minimum absolute atomic E-state index is 0.180. The highest BCUT2D eigenvalue weighted by molar-refractivity contribution is 6.00. The normalized spacial score (nSPS) is 10.3. The number of nitrogen functional groups attached to an aromatic ring is 1. The van der Waals surface area contributed by atoms with Gasteiger partial charge in [0, 0.05) is 38.4 Å². The van der Waals surface area contributed by atoms with Gasteiger partial charge in [0.05, 0.1) is 5.56 Å². The van der Waals surface area contributed by atoms with Gasteiger partial charge in [-0.25, -0.2) is 0 Å². The van der Waals surface area contributed by atoms with E-state index in [0.29, 0.717) is 30.1 Å². The van der Waals surface area contributed by atoms with E-state index in [9.17, 15) is 4.79 Å². The van der Waals surface area contributed by atoms with E-state index in [0.717, 1.165) is 5.69 Å². The monoisotopic (exact) mass is 275 g/mol. The molecule has 0 saturated carbocycles. The number of nitrogens with one attached hydrogen (secondary N) is 1. The first-order valence-electron chi connectivity index (χ1n) is 6.18. The van der Waals surface area contributed by atoms with Crippen molar-refractivity contribution in [1.29, 1.82) is 0 Å². The lowest BCUT2D eigenvalue weighted by molar-refractivity contribution is 0.0954. The lowest BCUT2D eigenvalue weighted by atomic mass is 10.1. The third kappa shape index (κ3) is 3.25. The third-order valence-electron chi connectivity index (χ3n) is 2.78. The van der Waals surface area contributed by atoms with Crippen LogP contribution < -0.4 is 16.0 Å². The van der Waals surface area contributed by atoms with Crippen molar-refractivity contribution in [3.8, 4) is 0 Å². The zero-order valence-corrected chi connectivity index (χ0v) is 11.5. The molecule has 2 rings (SSSR count). The molecule has 0 radical (unpaired) electrons. The number of anilines is 2. The molecular weight excluding hydrogens is 258 g/mol. The zero-order chi connectivity index (χ0) is 14.5. The fourth-order valence-electron chi connectivity index (χ4n) is 1.81. The lowest BCUT2D eigenvalue weighted by Crippen LogP contribution is -2.27. The van der Waals surface area contributed by atoms with Gasteiger partial charge >= 0.3 is 0 Å². The molecule has 0 aliphatic heterocycles. The first-order chi connectivity index (χ1) is 9.58. The average molecular weight is 275 g/mol. The molecule has 1 amide bonds. The van der Waals surface area contributed by atoms with Crippen molar-refractivity contribution >= 4 is 17.3 Å². The number of aromatic nitrogens is 2. The minimum atomic E-state index is -0.180. The van der Waals surface area contributed by atoms with E-state index in [4.69, 9.17) is 10.3 Å². The summed E-state index contributed by atoms with van der Waals surface area (Å²) in [5.74, 6) is 0.311. The second kappa shape index (κ2) is 6.05. The zero-order valence-electron chi connectivity index (χ0n) is 11.5. The van der Waals surface area contributed by atoms with Crippen LogP contribution in [0.5, 0.6) is 0 Å². The number of carbonyl (C=O) groups excluding carboxylic acids is 1. The number of nitrogens with two attached hydrogens (primary N) is 1. The van der Waals surface area contributed by atoms with E-state index in [1.165, 1.54) is 6.33 Å². The van der Waals surface area contributed by atoms with Crippen LogP contribution in [0.3, 0.4) is 0 Å². The summed E-state index contributed by atoms with van der Waals surface area (Å²) < 4.78 is 4.86. The number of carbonyl (C=O) groups is 1. The highest BCUT2D eigenvalue weighted by atomic mass is 16.5. The summed E-state index contributed by atoms with van der Waals surface area (Å²) in [5, 5.41) is 6.32. The van der Waals surface area contributed by atoms with Gasteiger partial charge in [0.1, 0.15) is 0 Å². The SMILES string of the molecule is CN(C)c1ccc(N)cc1C(=O)NCCc1ncno1. The summed E-state index contributed by atoms with van der Waals surface area (Å²) in [7, 11) is 3.75. The third-order valence-corrected chi connectivity index (χ3v) is 2.78. The molecule has 0 fully saturated rings. The topological polar surface area (TPSA) is 97.3 Å². The molecule has 0 aliphatic rings. The van der Waals surface area contributed by atoms with Crippen LogP contribution in [0.25, 0.3) is 0 Å². The molecule has 0 unspecified atom stereocenters. The Labute approximate surface area is 116 Å². The first kappa shape index (κ1) is 13.9. The van der Waals surface area contributed by atoms with Gasteiger partial charge in [-0.15, -0.1) is 0 Å². The molecular formula is C13H17N5O2. The maximum Gasteiger partial charge on any atom is 0.253 e. The van der Waals surface area contributed by atoms with Gasteiger partial charge in [0.25, 0.3) is 5.91 Å². The highest BCUT2D eigenvalue weighted by Gasteiger charge is 2.13. The molecule has 106 valence electrons. The van der Waals surface area contributed by atoms with Gasteiger partial charge in [-0.3, -0.25) is 4.79 Å². The van der Waals surface area contributed by atoms with Gasteiger partial charge < -0.3 is 20.5 Å². The Morgan fingerprint density at radius 2 is 2.25 bits per heavy atom. The lowest BCUT2D eigenvalue weighted by Gasteiger charge is -2.17. The molecule has 0 aliphatic carbocycles. The molecule has 1 aromatic heterocycles. The van der Waals surface area contributed by atoms with Crippen molar-refractivity contribution < 1.29 is 9.32 Å². The van der Waals surface area contributed by atoms with Crippen LogP contribution in [0.1, 0.15) is 16.2 Å². The summed E-state index contributed by atoms with van der Waals surface area (Å²) >= 11 is 0. The Balaban J connectivity index is 2.03. The van der Waals surface area contributed by atoms with E-state index in [1.807, 2.05) is 25.1 Å². The Kier molecular flexibility index (Phi) is 4.19. The second-order valence-corrected chi connectivity index (χ2v) is 4.51. The van der Waals surface area contributed by atoms with E-state index >= 15 is 0 Å². The molecule has 0 spiro atoms. The van der Waals surface area contributed by atoms with Crippen LogP contribution in [0.2, 0.25) is 0 Å². The number of amides is 1. The number of hydrogen-bond acceptors (Lipinski definition) is 6. The summed E-state index contributed by atoms with van der Waals surface area (Å²) in [6.45, 7) is 0.419. The van der Waals surface area contributed by atoms with E-state index < -0.39 is 0 Å². The van der Waals surface area contributed by atoms with Crippen LogP contribution >= 0.6 is 0 Å². The molecule has 1 aromatic carbocycles. The largest absolute Gasteiger partial charge is 0.399 e. The van der Waals surface area contributed by atoms with Crippen molar-refractivity contribution in [2.45, 2.75) is 6.42 Å². The van der Waals surface area contributed by atoms with Crippen molar-refractivity contribution in [3.63, 3.8) is 0 Å². The second-order valence-electron chi connectivity index (χ2n) is 4.51. The predicted octanol–water partition coefficient (Wildman–Crippen LogP) is 0.690. The van der Waals surface area contributed by atoms with Crippen molar-refractivity contribution in [3.05, 3.63) is 36.0 Å². The number of rotatable bonds is 5. The molecule has 0 atom stereocenters. The first-order valence-corrected chi connectivity index (χ1v) is 6.18. The fraction of sp³-hybridized carbons (Fsp3) is 0.308. The van der Waals surface area contributed by atoms with Gasteiger partial charge in [0.2, 0.25) is 5.89 Å². The van der Waals surface area contributed by atoms with Crippen LogP contribution in [0, 0.1) is 0 Å². The van der Waals surface area contributed by atoms with Gasteiger partial charge in [-0.2, -0.15) is 4.98 Å². The molecule has 7 heteroatoms. The minimum Gasteiger partial charge on any atom is -0.399 e.